The number of benzene rings is 3. The van der Waals surface area contributed by atoms with Crippen molar-refractivity contribution in [1.29, 1.82) is 0 Å². The molecule has 1 fully saturated rings. The maximum Gasteiger partial charge on any atom is 0.269 e. The summed E-state index contributed by atoms with van der Waals surface area (Å²) >= 11 is 0. The van der Waals surface area contributed by atoms with Gasteiger partial charge in [0.25, 0.3) is 5.69 Å². The normalized spacial score (nSPS) is 13.6. The minimum Gasteiger partial charge on any atom is -0.341 e. The molecule has 11 heteroatoms. The predicted octanol–water partition coefficient (Wildman–Crippen LogP) is 6.16. The van der Waals surface area contributed by atoms with Crippen molar-refractivity contribution in [2.75, 3.05) is 28.7 Å². The van der Waals surface area contributed by atoms with Gasteiger partial charge in [-0.25, -0.2) is 5.43 Å². The van der Waals surface area contributed by atoms with Gasteiger partial charge in [-0.15, -0.1) is 12.4 Å². The number of rotatable bonds is 9. The first-order valence-corrected chi connectivity index (χ1v) is 12.9. The molecule has 0 spiro atoms. The minimum atomic E-state index is -0.432. The molecule has 0 bridgehead atoms. The first-order chi connectivity index (χ1) is 19.0. The van der Waals surface area contributed by atoms with Crippen LogP contribution in [0.1, 0.15) is 29.5 Å². The molecule has 1 aliphatic heterocycles. The molecule has 4 aromatic rings. The van der Waals surface area contributed by atoms with E-state index in [0.29, 0.717) is 29.3 Å². The molecule has 1 saturated heterocycles. The van der Waals surface area contributed by atoms with E-state index in [0.717, 1.165) is 43.6 Å². The van der Waals surface area contributed by atoms with Gasteiger partial charge in [0.1, 0.15) is 0 Å². The maximum absolute atomic E-state index is 10.9. The number of aryl methyl sites for hydroxylation is 1. The second-order valence-corrected chi connectivity index (χ2v) is 9.61. The van der Waals surface area contributed by atoms with E-state index >= 15 is 0 Å². The summed E-state index contributed by atoms with van der Waals surface area (Å²) in [6.45, 7) is 3.76. The lowest BCUT2D eigenvalue weighted by atomic mass is 9.90. The fourth-order valence-electron chi connectivity index (χ4n) is 4.51. The molecule has 1 aromatic heterocycles. The number of nitrogens with zero attached hydrogens (tertiary/aromatic N) is 6. The van der Waals surface area contributed by atoms with E-state index in [-0.39, 0.29) is 18.1 Å². The summed E-state index contributed by atoms with van der Waals surface area (Å²) in [6, 6.07) is 24.8. The molecular formula is C29H31ClN8O2. The van der Waals surface area contributed by atoms with Crippen molar-refractivity contribution in [3.63, 3.8) is 0 Å². The fraction of sp³-hybridized carbons (Fsp3) is 0.241. The average molecular weight is 559 g/mol. The maximum atomic E-state index is 10.9. The molecule has 0 atom stereocenters. The van der Waals surface area contributed by atoms with Gasteiger partial charge in [0, 0.05) is 30.9 Å². The Labute approximate surface area is 239 Å². The van der Waals surface area contributed by atoms with E-state index < -0.39 is 4.92 Å². The summed E-state index contributed by atoms with van der Waals surface area (Å²) < 4.78 is 0. The summed E-state index contributed by atoms with van der Waals surface area (Å²) in [6.07, 6.45) is 4.76. The number of hydrazone groups is 1. The van der Waals surface area contributed by atoms with Crippen molar-refractivity contribution >= 4 is 47.8 Å². The topological polar surface area (TPSA) is 121 Å². The van der Waals surface area contributed by atoms with Gasteiger partial charge in [-0.3, -0.25) is 10.1 Å². The molecule has 206 valence electrons. The van der Waals surface area contributed by atoms with Crippen LogP contribution in [0.4, 0.5) is 29.2 Å². The zero-order valence-corrected chi connectivity index (χ0v) is 22.9. The van der Waals surface area contributed by atoms with Gasteiger partial charge in [-0.2, -0.15) is 20.1 Å². The zero-order chi connectivity index (χ0) is 27.0. The number of nitrogens with one attached hydrogen (secondary N) is 2. The molecule has 0 amide bonds. The summed E-state index contributed by atoms with van der Waals surface area (Å²) in [5.41, 5.74) is 7.04. The highest BCUT2D eigenvalue weighted by atomic mass is 35.5. The van der Waals surface area contributed by atoms with Gasteiger partial charge in [0.05, 0.1) is 11.1 Å². The van der Waals surface area contributed by atoms with E-state index in [1.165, 1.54) is 17.7 Å². The van der Waals surface area contributed by atoms with Gasteiger partial charge >= 0.3 is 0 Å². The van der Waals surface area contributed by atoms with E-state index in [1.807, 2.05) is 31.2 Å². The van der Waals surface area contributed by atoms with Gasteiger partial charge in [-0.1, -0.05) is 48.0 Å². The number of hydrogen-bond donors (Lipinski definition) is 2. The predicted molar refractivity (Wildman–Crippen MR) is 161 cm³/mol. The minimum absolute atomic E-state index is 0. The van der Waals surface area contributed by atoms with Crippen LogP contribution < -0.4 is 15.6 Å². The number of nitro groups is 1. The smallest absolute Gasteiger partial charge is 0.269 e. The Kier molecular flexibility index (Phi) is 9.58. The van der Waals surface area contributed by atoms with Crippen molar-refractivity contribution in [2.45, 2.75) is 26.2 Å². The van der Waals surface area contributed by atoms with Crippen LogP contribution in [0.5, 0.6) is 0 Å². The molecule has 40 heavy (non-hydrogen) atoms. The van der Waals surface area contributed by atoms with Crippen LogP contribution in [-0.2, 0) is 6.42 Å². The fourth-order valence-corrected chi connectivity index (χ4v) is 4.51. The highest BCUT2D eigenvalue weighted by Gasteiger charge is 2.22. The lowest BCUT2D eigenvalue weighted by Gasteiger charge is -2.32. The summed E-state index contributed by atoms with van der Waals surface area (Å²) in [5, 5.41) is 18.4. The van der Waals surface area contributed by atoms with Gasteiger partial charge < -0.3 is 10.2 Å². The van der Waals surface area contributed by atoms with Crippen LogP contribution >= 0.6 is 12.4 Å². The largest absolute Gasteiger partial charge is 0.341 e. The summed E-state index contributed by atoms with van der Waals surface area (Å²) in [7, 11) is 0. The van der Waals surface area contributed by atoms with E-state index in [4.69, 9.17) is 4.98 Å². The number of anilines is 4. The highest BCUT2D eigenvalue weighted by Crippen LogP contribution is 2.26. The number of halogens is 1. The quantitative estimate of drug-likeness (QED) is 0.142. The molecule has 5 rings (SSSR count). The third kappa shape index (κ3) is 7.73. The van der Waals surface area contributed by atoms with Crippen molar-refractivity contribution in [2.24, 2.45) is 11.0 Å². The van der Waals surface area contributed by atoms with Crippen LogP contribution in [0.2, 0.25) is 0 Å². The van der Waals surface area contributed by atoms with Crippen molar-refractivity contribution in [1.82, 2.24) is 15.0 Å². The summed E-state index contributed by atoms with van der Waals surface area (Å²) in [5.74, 6) is 1.94. The number of aromatic nitrogens is 3. The van der Waals surface area contributed by atoms with Crippen LogP contribution in [0, 0.1) is 23.0 Å². The monoisotopic (exact) mass is 558 g/mol. The highest BCUT2D eigenvalue weighted by molar-refractivity contribution is 5.85. The number of piperidine rings is 1. The zero-order valence-electron chi connectivity index (χ0n) is 22.1. The van der Waals surface area contributed by atoms with E-state index in [2.05, 4.69) is 61.0 Å². The lowest BCUT2D eigenvalue weighted by molar-refractivity contribution is -0.384. The molecule has 2 heterocycles. The SMILES string of the molecule is Cc1ccc(Nc2nc(N/N=C/c3ccc([N+](=O)[O-])cc3)nc(N3CCC(Cc4ccccc4)CC3)n2)cc1.Cl. The van der Waals surface area contributed by atoms with Gasteiger partial charge in [-0.05, 0) is 67.5 Å². The number of nitro benzene ring substituents is 1. The van der Waals surface area contributed by atoms with Crippen LogP contribution in [-0.4, -0.2) is 39.2 Å². The molecule has 0 radical (unpaired) electrons. The molecular weight excluding hydrogens is 528 g/mol. The Bertz CT molecular complexity index is 1430. The second kappa shape index (κ2) is 13.5. The molecule has 1 aliphatic rings. The molecule has 0 saturated carbocycles. The van der Waals surface area contributed by atoms with Gasteiger partial charge in [0.2, 0.25) is 17.8 Å². The third-order valence-corrected chi connectivity index (χ3v) is 6.68. The number of hydrogen-bond acceptors (Lipinski definition) is 9. The average Bonchev–Trinajstić information content (AvgIpc) is 2.95. The van der Waals surface area contributed by atoms with Crippen molar-refractivity contribution in [3.8, 4) is 0 Å². The second-order valence-electron chi connectivity index (χ2n) is 9.61. The Morgan fingerprint density at radius 1 is 0.950 bits per heavy atom. The van der Waals surface area contributed by atoms with E-state index in [9.17, 15) is 10.1 Å². The lowest BCUT2D eigenvalue weighted by Crippen LogP contribution is -2.35. The molecule has 3 aromatic carbocycles. The molecule has 0 aliphatic carbocycles. The molecule has 10 nitrogen and oxygen atoms in total. The Morgan fingerprint density at radius 3 is 2.30 bits per heavy atom. The molecule has 0 unspecified atom stereocenters. The summed E-state index contributed by atoms with van der Waals surface area (Å²) in [4.78, 5) is 26.5. The third-order valence-electron chi connectivity index (χ3n) is 6.68. The van der Waals surface area contributed by atoms with E-state index in [1.54, 1.807) is 18.3 Å². The Morgan fingerprint density at radius 2 is 1.62 bits per heavy atom. The molecule has 2 N–H and O–H groups in total. The standard InChI is InChI=1S/C29H30N8O2.ClH/c1-21-7-11-25(12-8-21)31-27-32-28(35-30-20-24-9-13-26(14-10-24)37(38)39)34-29(33-27)36-17-15-23(16-18-36)19-22-5-3-2-4-6-22;/h2-14,20,23H,15-19H2,1H3,(H2,31,32,33,34,35);1H/b30-20+;. The first kappa shape index (κ1) is 28.4. The Hall–Kier alpha value is -4.57. The number of non-ortho nitro benzene ring substituents is 1. The van der Waals surface area contributed by atoms with Crippen molar-refractivity contribution < 1.29 is 4.92 Å². The van der Waals surface area contributed by atoms with Crippen LogP contribution in [0.15, 0.2) is 84.0 Å². The Balaban J connectivity index is 0.00000370. The van der Waals surface area contributed by atoms with Gasteiger partial charge in [0.15, 0.2) is 0 Å². The first-order valence-electron chi connectivity index (χ1n) is 12.9. The van der Waals surface area contributed by atoms with Crippen LogP contribution in [0.25, 0.3) is 0 Å². The van der Waals surface area contributed by atoms with Crippen LogP contribution in [0.3, 0.4) is 0 Å². The van der Waals surface area contributed by atoms with Crippen molar-refractivity contribution in [3.05, 3.63) is 106 Å².